The van der Waals surface area contributed by atoms with Crippen LogP contribution in [-0.4, -0.2) is 194 Å². The third kappa shape index (κ3) is 39.0. The second kappa shape index (κ2) is 45.6. The first kappa shape index (κ1) is 66.2. The zero-order valence-corrected chi connectivity index (χ0v) is 40.4. The summed E-state index contributed by atoms with van der Waals surface area (Å²) >= 11 is 0. The van der Waals surface area contributed by atoms with Gasteiger partial charge >= 0.3 is 41.8 Å². The minimum absolute atomic E-state index is 0.0802. The molecule has 396 valence electrons. The smallest absolute Gasteiger partial charge is 0.330 e. The van der Waals surface area contributed by atoms with Crippen molar-refractivity contribution in [1.29, 1.82) is 0 Å². The summed E-state index contributed by atoms with van der Waals surface area (Å²) in [7, 11) is 0. The summed E-state index contributed by atoms with van der Waals surface area (Å²) < 4.78 is 80.0. The van der Waals surface area contributed by atoms with Crippen LogP contribution in [-0.2, 0) is 105 Å². The molecule has 0 fully saturated rings. The average molecular weight is 1000 g/mol. The Morgan fingerprint density at radius 3 is 0.657 bits per heavy atom. The lowest BCUT2D eigenvalue weighted by atomic mass is 9.88. The monoisotopic (exact) mass is 1000 g/mol. The highest BCUT2D eigenvalue weighted by Gasteiger charge is 2.34. The third-order valence-electron chi connectivity index (χ3n) is 8.49. The second-order valence-corrected chi connectivity index (χ2v) is 13.9. The number of ether oxygens (including phenoxy) is 15. The Morgan fingerprint density at radius 1 is 0.271 bits per heavy atom. The fourth-order valence-electron chi connectivity index (χ4n) is 4.61. The van der Waals surface area contributed by atoms with E-state index in [1.54, 1.807) is 6.92 Å². The number of rotatable bonds is 46. The molecule has 0 aromatic heterocycles. The second-order valence-electron chi connectivity index (χ2n) is 13.9. The maximum Gasteiger partial charge on any atom is 0.330 e. The first-order valence-electron chi connectivity index (χ1n) is 21.9. The van der Waals surface area contributed by atoms with Crippen LogP contribution in [0.3, 0.4) is 0 Å². The van der Waals surface area contributed by atoms with E-state index in [1.807, 2.05) is 0 Å². The van der Waals surface area contributed by atoms with Gasteiger partial charge in [-0.25, -0.2) is 33.6 Å². The van der Waals surface area contributed by atoms with Crippen LogP contribution in [0.15, 0.2) is 88.6 Å². The molecule has 0 aromatic carbocycles. The molecule has 0 heterocycles. The Labute approximate surface area is 410 Å². The van der Waals surface area contributed by atoms with Gasteiger partial charge < -0.3 is 71.1 Å². The first-order valence-corrected chi connectivity index (χ1v) is 21.9. The Kier molecular flexibility index (Phi) is 43.1. The molecule has 0 unspecified atom stereocenters. The van der Waals surface area contributed by atoms with Gasteiger partial charge in [-0.1, -0.05) is 53.0 Å². The van der Waals surface area contributed by atoms with Gasteiger partial charge in [0.1, 0.15) is 46.2 Å². The van der Waals surface area contributed by atoms with Crippen LogP contribution in [0.1, 0.15) is 13.3 Å². The van der Waals surface area contributed by atoms with Crippen LogP contribution in [0.2, 0.25) is 0 Å². The van der Waals surface area contributed by atoms with Crippen LogP contribution in [0, 0.1) is 10.8 Å². The predicted molar refractivity (Wildman–Crippen MR) is 250 cm³/mol. The van der Waals surface area contributed by atoms with Gasteiger partial charge in [0.15, 0.2) is 0 Å². The van der Waals surface area contributed by atoms with Crippen LogP contribution >= 0.6 is 0 Å². The predicted octanol–water partition coefficient (Wildman–Crippen LogP) is 2.59. The van der Waals surface area contributed by atoms with E-state index in [0.717, 1.165) is 42.5 Å². The number of carbonyl (C=O) groups excluding carboxylic acids is 7. The van der Waals surface area contributed by atoms with E-state index in [0.29, 0.717) is 6.42 Å². The van der Waals surface area contributed by atoms with Crippen molar-refractivity contribution in [2.45, 2.75) is 13.3 Å². The fraction of sp³-hybridized carbons (Fsp3) is 0.562. The van der Waals surface area contributed by atoms with Crippen LogP contribution in [0.5, 0.6) is 0 Å². The number of hydrogen-bond acceptors (Lipinski definition) is 22. The number of carbonyl (C=O) groups is 7. The lowest BCUT2D eigenvalue weighted by Gasteiger charge is -2.33. The molecule has 0 aliphatic carbocycles. The Bertz CT molecular complexity index is 1370. The van der Waals surface area contributed by atoms with Gasteiger partial charge in [0.05, 0.1) is 117 Å². The summed E-state index contributed by atoms with van der Waals surface area (Å²) in [5.74, 6) is -3.97. The van der Waals surface area contributed by atoms with Crippen molar-refractivity contribution < 1.29 is 105 Å². The van der Waals surface area contributed by atoms with Crippen molar-refractivity contribution in [3.63, 3.8) is 0 Å². The molecule has 0 aliphatic rings. The molecule has 22 nitrogen and oxygen atoms in total. The van der Waals surface area contributed by atoms with E-state index in [2.05, 4.69) is 46.1 Å². The summed E-state index contributed by atoms with van der Waals surface area (Å²) in [5, 5.41) is 0. The summed E-state index contributed by atoms with van der Waals surface area (Å²) in [6.45, 7) is 28.4. The van der Waals surface area contributed by atoms with Crippen molar-refractivity contribution in [1.82, 2.24) is 0 Å². The number of esters is 7. The quantitative estimate of drug-likeness (QED) is 0.0367. The molecule has 0 saturated carbocycles. The maximum atomic E-state index is 11.2. The van der Waals surface area contributed by atoms with E-state index < -0.39 is 52.6 Å². The van der Waals surface area contributed by atoms with E-state index in [-0.39, 0.29) is 152 Å². The Balaban J connectivity index is 0. The molecule has 22 heteroatoms. The molecule has 0 aliphatic heterocycles. The van der Waals surface area contributed by atoms with Crippen molar-refractivity contribution in [2.75, 3.05) is 152 Å². The summed E-state index contributed by atoms with van der Waals surface area (Å²) in [5.41, 5.74) is -1.62. The van der Waals surface area contributed by atoms with Gasteiger partial charge in [-0.15, -0.1) is 0 Å². The van der Waals surface area contributed by atoms with Crippen LogP contribution < -0.4 is 0 Å². The van der Waals surface area contributed by atoms with Crippen molar-refractivity contribution in [2.24, 2.45) is 10.8 Å². The molecule has 0 aromatic rings. The highest BCUT2D eigenvalue weighted by molar-refractivity contribution is 5.83. The summed E-state index contributed by atoms with van der Waals surface area (Å²) in [6.07, 6.45) is 7.80. The maximum absolute atomic E-state index is 11.2. The Hall–Kier alpha value is -5.85. The largest absolute Gasteiger partial charge is 0.462 e. The minimum Gasteiger partial charge on any atom is -0.462 e. The molecule has 0 rings (SSSR count). The fourth-order valence-corrected chi connectivity index (χ4v) is 4.61. The summed E-state index contributed by atoms with van der Waals surface area (Å²) in [6, 6.07) is 0. The van der Waals surface area contributed by atoms with Crippen LogP contribution in [0.25, 0.3) is 0 Å². The molecule has 70 heavy (non-hydrogen) atoms. The molecule has 0 amide bonds. The topological polar surface area (TPSA) is 258 Å². The first-order chi connectivity index (χ1) is 33.7. The molecule has 0 radical (unpaired) electrons. The normalized spacial score (nSPS) is 10.7. The molecular formula is C48H72O22. The molecular weight excluding hydrogens is 929 g/mol. The van der Waals surface area contributed by atoms with Gasteiger partial charge in [-0.3, -0.25) is 0 Å². The lowest BCUT2D eigenvalue weighted by Crippen LogP contribution is -2.43. The van der Waals surface area contributed by atoms with E-state index >= 15 is 0 Å². The standard InChI is InChI=1S/C33H52O16.C15H20O6/c1-5-29(34)46-21-17-38-9-13-42-25-33(26-43-14-10-39-18-22-47-30(35)6-2,27-44-15-11-40-19-23-48-31(36)7-3)28-45-16-12-41-20-24-49-32(37)8-4;1-5-12(16)19-9-15(8-4,10-20-13(17)6-2)11-21-14(18)7-3/h5-8H,1-4,9-28H2;5-7H,1-3,8-11H2,4H3. The third-order valence-corrected chi connectivity index (χ3v) is 8.49. The van der Waals surface area contributed by atoms with Crippen molar-refractivity contribution in [3.05, 3.63) is 88.6 Å². The molecule has 0 saturated heterocycles. The van der Waals surface area contributed by atoms with Crippen molar-refractivity contribution in [3.8, 4) is 0 Å². The zero-order valence-electron chi connectivity index (χ0n) is 40.4. The molecule has 0 spiro atoms. The SMILES string of the molecule is C=CC(=O)OCC(CC)(COC(=O)C=C)COC(=O)C=C.C=CC(=O)OCCOCCOCC(COCCOCCOC(=O)C=C)(COCCOCCOC(=O)C=C)COCCOCCOC(=O)C=C. The van der Waals surface area contributed by atoms with Gasteiger partial charge in [-0.05, 0) is 6.42 Å². The highest BCUT2D eigenvalue weighted by Crippen LogP contribution is 2.25. The van der Waals surface area contributed by atoms with Crippen molar-refractivity contribution >= 4 is 41.8 Å². The lowest BCUT2D eigenvalue weighted by molar-refractivity contribution is -0.156. The van der Waals surface area contributed by atoms with Gasteiger partial charge in [-0.2, -0.15) is 0 Å². The van der Waals surface area contributed by atoms with E-state index in [1.165, 1.54) is 0 Å². The van der Waals surface area contributed by atoms with Gasteiger partial charge in [0.2, 0.25) is 0 Å². The Morgan fingerprint density at radius 2 is 0.457 bits per heavy atom. The zero-order chi connectivity index (χ0) is 52.6. The minimum atomic E-state index is -0.837. The van der Waals surface area contributed by atoms with Crippen LogP contribution in [0.4, 0.5) is 0 Å². The van der Waals surface area contributed by atoms with Gasteiger partial charge in [0, 0.05) is 42.5 Å². The molecule has 0 N–H and O–H groups in total. The van der Waals surface area contributed by atoms with E-state index in [9.17, 15) is 33.6 Å². The van der Waals surface area contributed by atoms with E-state index in [4.69, 9.17) is 71.1 Å². The highest BCUT2D eigenvalue weighted by atomic mass is 16.6. The van der Waals surface area contributed by atoms with Gasteiger partial charge in [0.25, 0.3) is 0 Å². The summed E-state index contributed by atoms with van der Waals surface area (Å²) in [4.78, 5) is 78.1. The number of hydrogen-bond donors (Lipinski definition) is 0. The average Bonchev–Trinajstić information content (AvgIpc) is 3.38. The molecule has 0 atom stereocenters. The molecule has 0 bridgehead atoms.